The van der Waals surface area contributed by atoms with Crippen molar-refractivity contribution in [3.05, 3.63) is 93.2 Å². The number of hydrogen-bond acceptors (Lipinski definition) is 4. The lowest BCUT2D eigenvalue weighted by Gasteiger charge is -2.13. The summed E-state index contributed by atoms with van der Waals surface area (Å²) in [6.07, 6.45) is 1.48. The maximum Gasteiger partial charge on any atom is 0.266 e. The van der Waals surface area contributed by atoms with Crippen LogP contribution in [0.25, 0.3) is 6.08 Å². The summed E-state index contributed by atoms with van der Waals surface area (Å²) in [7, 11) is 1.50. The molecule has 0 unspecified atom stereocenters. The van der Waals surface area contributed by atoms with Gasteiger partial charge in [-0.15, -0.1) is 0 Å². The van der Waals surface area contributed by atoms with Gasteiger partial charge in [0.2, 0.25) is 0 Å². The van der Waals surface area contributed by atoms with Crippen molar-refractivity contribution < 1.29 is 18.7 Å². The molecule has 162 valence electrons. The molecular weight excluding hydrogens is 475 g/mol. The first-order valence-corrected chi connectivity index (χ1v) is 10.4. The van der Waals surface area contributed by atoms with Gasteiger partial charge in [0.15, 0.2) is 11.5 Å². The van der Waals surface area contributed by atoms with Gasteiger partial charge in [-0.25, -0.2) is 4.39 Å². The van der Waals surface area contributed by atoms with E-state index in [-0.39, 0.29) is 18.0 Å². The number of aryl methyl sites for hydroxylation is 1. The molecule has 3 aromatic carbocycles. The quantitative estimate of drug-likeness (QED) is 0.321. The molecule has 0 spiro atoms. The first kappa shape index (κ1) is 23.0. The number of carbonyl (C=O) groups is 1. The Balaban J connectivity index is 1.82. The average molecular weight is 495 g/mol. The fourth-order valence-electron chi connectivity index (χ4n) is 2.88. The van der Waals surface area contributed by atoms with Gasteiger partial charge >= 0.3 is 0 Å². The lowest BCUT2D eigenvalue weighted by molar-refractivity contribution is -0.112. The molecule has 0 aliphatic carbocycles. The van der Waals surface area contributed by atoms with Crippen LogP contribution in [0.3, 0.4) is 0 Å². The zero-order chi connectivity index (χ0) is 23.1. The first-order valence-electron chi connectivity index (χ1n) is 9.65. The maximum atomic E-state index is 13.1. The fourth-order valence-corrected chi connectivity index (χ4v) is 3.32. The van der Waals surface area contributed by atoms with Gasteiger partial charge in [0.25, 0.3) is 5.91 Å². The molecule has 0 saturated carbocycles. The largest absolute Gasteiger partial charge is 0.493 e. The number of nitriles is 1. The van der Waals surface area contributed by atoms with Crippen LogP contribution in [0.1, 0.15) is 16.7 Å². The smallest absolute Gasteiger partial charge is 0.266 e. The Hall–Kier alpha value is -3.63. The third-order valence-corrected chi connectivity index (χ3v) is 5.34. The van der Waals surface area contributed by atoms with Crippen molar-refractivity contribution in [1.82, 2.24) is 0 Å². The van der Waals surface area contributed by atoms with Gasteiger partial charge in [0.1, 0.15) is 24.1 Å². The predicted octanol–water partition coefficient (Wildman–Crippen LogP) is 6.03. The van der Waals surface area contributed by atoms with Crippen LogP contribution in [0.2, 0.25) is 0 Å². The Kier molecular flexibility index (Phi) is 7.63. The Morgan fingerprint density at radius 1 is 1.16 bits per heavy atom. The molecule has 0 saturated heterocycles. The van der Waals surface area contributed by atoms with Gasteiger partial charge in [-0.1, -0.05) is 46.3 Å². The van der Waals surface area contributed by atoms with Gasteiger partial charge in [0, 0.05) is 10.2 Å². The highest BCUT2D eigenvalue weighted by molar-refractivity contribution is 9.10. The van der Waals surface area contributed by atoms with E-state index < -0.39 is 5.91 Å². The van der Waals surface area contributed by atoms with Crippen LogP contribution in [0.15, 0.2) is 70.7 Å². The lowest BCUT2D eigenvalue weighted by atomic mass is 10.1. The van der Waals surface area contributed by atoms with E-state index in [0.717, 1.165) is 11.1 Å². The summed E-state index contributed by atoms with van der Waals surface area (Å²) in [5.41, 5.74) is 2.85. The van der Waals surface area contributed by atoms with Crippen molar-refractivity contribution in [3.63, 3.8) is 0 Å². The van der Waals surface area contributed by atoms with E-state index in [9.17, 15) is 14.4 Å². The molecule has 0 aliphatic heterocycles. The third-order valence-electron chi connectivity index (χ3n) is 4.65. The molecule has 0 heterocycles. The van der Waals surface area contributed by atoms with Crippen LogP contribution in [0.5, 0.6) is 11.5 Å². The molecule has 3 aromatic rings. The van der Waals surface area contributed by atoms with E-state index in [1.165, 1.54) is 25.3 Å². The van der Waals surface area contributed by atoms with E-state index in [4.69, 9.17) is 9.47 Å². The summed E-state index contributed by atoms with van der Waals surface area (Å²) < 4.78 is 24.9. The van der Waals surface area contributed by atoms with Crippen LogP contribution in [0, 0.1) is 24.1 Å². The highest BCUT2D eigenvalue weighted by Crippen LogP contribution is 2.35. The molecule has 1 amide bonds. The van der Waals surface area contributed by atoms with Crippen LogP contribution in [-0.4, -0.2) is 13.0 Å². The molecule has 1 N–H and O–H groups in total. The number of para-hydroxylation sites is 1. The van der Waals surface area contributed by atoms with E-state index in [2.05, 4.69) is 21.2 Å². The number of rotatable bonds is 7. The molecule has 5 nitrogen and oxygen atoms in total. The number of nitrogens with zero attached hydrogens (tertiary/aromatic N) is 1. The van der Waals surface area contributed by atoms with E-state index in [1.807, 2.05) is 31.2 Å². The normalized spacial score (nSPS) is 10.9. The second-order valence-electron chi connectivity index (χ2n) is 6.88. The van der Waals surface area contributed by atoms with Crippen LogP contribution in [-0.2, 0) is 11.4 Å². The molecule has 0 fully saturated rings. The second-order valence-corrected chi connectivity index (χ2v) is 7.73. The van der Waals surface area contributed by atoms with Crippen LogP contribution < -0.4 is 14.8 Å². The maximum absolute atomic E-state index is 13.1. The zero-order valence-electron chi connectivity index (χ0n) is 17.5. The van der Waals surface area contributed by atoms with Gasteiger partial charge in [0.05, 0.1) is 7.11 Å². The number of carbonyl (C=O) groups excluding carboxylic acids is 1. The molecule has 0 bridgehead atoms. The molecule has 7 heteroatoms. The van der Waals surface area contributed by atoms with Crippen molar-refractivity contribution in [2.75, 3.05) is 12.4 Å². The molecule has 0 radical (unpaired) electrons. The van der Waals surface area contributed by atoms with Gasteiger partial charge in [-0.2, -0.15) is 5.26 Å². The summed E-state index contributed by atoms with van der Waals surface area (Å²) in [5, 5.41) is 12.3. The Morgan fingerprint density at radius 2 is 1.88 bits per heavy atom. The Bertz CT molecular complexity index is 1200. The second kappa shape index (κ2) is 10.6. The van der Waals surface area contributed by atoms with E-state index in [1.54, 1.807) is 30.3 Å². The Labute approximate surface area is 194 Å². The van der Waals surface area contributed by atoms with Crippen LogP contribution in [0.4, 0.5) is 10.1 Å². The minimum absolute atomic E-state index is 0.0593. The van der Waals surface area contributed by atoms with Crippen molar-refractivity contribution in [1.29, 1.82) is 5.26 Å². The van der Waals surface area contributed by atoms with E-state index >= 15 is 0 Å². The summed E-state index contributed by atoms with van der Waals surface area (Å²) in [6, 6.07) is 18.6. The zero-order valence-corrected chi connectivity index (χ0v) is 19.1. The minimum Gasteiger partial charge on any atom is -0.493 e. The van der Waals surface area contributed by atoms with Gasteiger partial charge < -0.3 is 14.8 Å². The minimum atomic E-state index is -0.510. The number of amides is 1. The topological polar surface area (TPSA) is 71.3 Å². The molecule has 0 atom stereocenters. The average Bonchev–Trinajstić information content (AvgIpc) is 2.79. The molecule has 0 aromatic heterocycles. The van der Waals surface area contributed by atoms with Crippen molar-refractivity contribution in [2.45, 2.75) is 13.5 Å². The number of methoxy groups -OCH3 is 1. The summed E-state index contributed by atoms with van der Waals surface area (Å²) in [6.45, 7) is 2.10. The number of ether oxygens (including phenoxy) is 2. The highest BCUT2D eigenvalue weighted by Gasteiger charge is 2.14. The van der Waals surface area contributed by atoms with Crippen molar-refractivity contribution in [3.8, 4) is 17.6 Å². The Morgan fingerprint density at radius 3 is 2.53 bits per heavy atom. The lowest BCUT2D eigenvalue weighted by Crippen LogP contribution is -2.14. The molecule has 3 rings (SSSR count). The monoisotopic (exact) mass is 494 g/mol. The van der Waals surface area contributed by atoms with Crippen molar-refractivity contribution >= 4 is 33.6 Å². The molecular formula is C25H20BrFN2O3. The fraction of sp³-hybridized carbons (Fsp3) is 0.120. The third kappa shape index (κ3) is 5.74. The number of halogens is 2. The number of benzene rings is 3. The standard InChI is InChI=1S/C25H20BrFN2O3/c1-16-5-3-4-6-22(16)29-25(30)19(14-28)11-18-12-23(31-2)24(13-21(18)26)32-15-17-7-9-20(27)10-8-17/h3-13H,15H2,1-2H3,(H,29,30)/b19-11-. The molecule has 0 aliphatic rings. The number of hydrogen-bond donors (Lipinski definition) is 1. The SMILES string of the molecule is COc1cc(/C=C(/C#N)C(=O)Nc2ccccc2C)c(Br)cc1OCc1ccc(F)cc1. The summed E-state index contributed by atoms with van der Waals surface area (Å²) >= 11 is 3.46. The molecule has 32 heavy (non-hydrogen) atoms. The van der Waals surface area contributed by atoms with E-state index in [0.29, 0.717) is 27.2 Å². The number of anilines is 1. The number of nitrogens with one attached hydrogen (secondary N) is 1. The summed E-state index contributed by atoms with van der Waals surface area (Å²) in [4.78, 5) is 12.6. The highest BCUT2D eigenvalue weighted by atomic mass is 79.9. The van der Waals surface area contributed by atoms with Gasteiger partial charge in [-0.3, -0.25) is 4.79 Å². The van der Waals surface area contributed by atoms with Crippen LogP contribution >= 0.6 is 15.9 Å². The first-order chi connectivity index (χ1) is 15.4. The predicted molar refractivity (Wildman–Crippen MR) is 125 cm³/mol. The van der Waals surface area contributed by atoms with Crippen molar-refractivity contribution in [2.24, 2.45) is 0 Å². The van der Waals surface area contributed by atoms with Gasteiger partial charge in [-0.05, 0) is 60.0 Å². The summed E-state index contributed by atoms with van der Waals surface area (Å²) in [5.74, 6) is 0.0659.